The maximum atomic E-state index is 12.1. The van der Waals surface area contributed by atoms with Gasteiger partial charge in [0, 0.05) is 4.90 Å². The largest absolute Gasteiger partial charge is 0.508 e. The zero-order chi connectivity index (χ0) is 15.4. The van der Waals surface area contributed by atoms with Gasteiger partial charge in [0.25, 0.3) is 5.91 Å². The lowest BCUT2D eigenvalue weighted by atomic mass is 10.3. The Morgan fingerprint density at radius 3 is 2.57 bits per heavy atom. The number of phenols is 1. The van der Waals surface area contributed by atoms with Crippen LogP contribution in [0.25, 0.3) is 0 Å². The molecule has 1 aromatic heterocycles. The van der Waals surface area contributed by atoms with Crippen molar-refractivity contribution in [2.45, 2.75) is 17.1 Å². The molecule has 0 saturated carbocycles. The molecule has 0 aliphatic heterocycles. The Hall–Kier alpha value is -1.99. The molecule has 0 radical (unpaired) electrons. The molecule has 110 valence electrons. The number of carbonyl (C=O) groups is 2. The number of primary amides is 1. The first-order valence-electron chi connectivity index (χ1n) is 6.11. The van der Waals surface area contributed by atoms with Crippen LogP contribution in [0.1, 0.15) is 17.3 Å². The zero-order valence-electron chi connectivity index (χ0n) is 11.2. The molecule has 0 bridgehead atoms. The number of benzene rings is 1. The number of anilines is 1. The molecule has 4 N–H and O–H groups in total. The van der Waals surface area contributed by atoms with Crippen LogP contribution in [-0.4, -0.2) is 22.2 Å². The third kappa shape index (κ3) is 3.99. The van der Waals surface area contributed by atoms with Gasteiger partial charge in [0.2, 0.25) is 5.91 Å². The Bertz CT molecular complexity index is 652. The van der Waals surface area contributed by atoms with Gasteiger partial charge < -0.3 is 16.2 Å². The van der Waals surface area contributed by atoms with Crippen molar-refractivity contribution >= 4 is 39.9 Å². The number of amides is 2. The second-order valence-electron chi connectivity index (χ2n) is 4.27. The van der Waals surface area contributed by atoms with E-state index in [-0.39, 0.29) is 16.9 Å². The van der Waals surface area contributed by atoms with Crippen molar-refractivity contribution in [1.29, 1.82) is 0 Å². The summed E-state index contributed by atoms with van der Waals surface area (Å²) in [7, 11) is 0. The van der Waals surface area contributed by atoms with E-state index < -0.39 is 5.91 Å². The molecule has 1 atom stereocenters. The number of hydrogen-bond donors (Lipinski definition) is 3. The molecule has 0 aliphatic rings. The van der Waals surface area contributed by atoms with Gasteiger partial charge in [0.15, 0.2) is 0 Å². The maximum Gasteiger partial charge on any atom is 0.251 e. The summed E-state index contributed by atoms with van der Waals surface area (Å²) >= 11 is 2.62. The van der Waals surface area contributed by atoms with E-state index in [1.807, 2.05) is 0 Å². The van der Waals surface area contributed by atoms with E-state index in [9.17, 15) is 14.7 Å². The summed E-state index contributed by atoms with van der Waals surface area (Å²) in [6.07, 6.45) is 0. The van der Waals surface area contributed by atoms with E-state index in [1.54, 1.807) is 42.6 Å². The van der Waals surface area contributed by atoms with Gasteiger partial charge in [-0.15, -0.1) is 23.1 Å². The quantitative estimate of drug-likeness (QED) is 0.738. The number of carbonyl (C=O) groups excluding carboxylic acids is 2. The molecule has 1 heterocycles. The molecule has 2 rings (SSSR count). The van der Waals surface area contributed by atoms with Crippen LogP contribution >= 0.6 is 23.1 Å². The molecular formula is C14H14N2O3S2. The smallest absolute Gasteiger partial charge is 0.251 e. The summed E-state index contributed by atoms with van der Waals surface area (Å²) < 4.78 is 0. The summed E-state index contributed by atoms with van der Waals surface area (Å²) in [5.41, 5.74) is 5.55. The summed E-state index contributed by atoms with van der Waals surface area (Å²) in [6, 6.07) is 8.20. The molecule has 0 fully saturated rings. The van der Waals surface area contributed by atoms with Crippen molar-refractivity contribution in [3.8, 4) is 5.75 Å². The van der Waals surface area contributed by atoms with Crippen LogP contribution in [0.15, 0.2) is 40.6 Å². The Morgan fingerprint density at radius 2 is 1.95 bits per heavy atom. The van der Waals surface area contributed by atoms with Gasteiger partial charge in [-0.05, 0) is 42.6 Å². The first-order valence-corrected chi connectivity index (χ1v) is 7.87. The summed E-state index contributed by atoms with van der Waals surface area (Å²) in [5.74, 6) is -0.593. The number of thioether (sulfide) groups is 1. The van der Waals surface area contributed by atoms with Gasteiger partial charge in [-0.25, -0.2) is 0 Å². The lowest BCUT2D eigenvalue weighted by Crippen LogP contribution is -2.23. The highest BCUT2D eigenvalue weighted by atomic mass is 32.2. The lowest BCUT2D eigenvalue weighted by Gasteiger charge is -2.11. The molecule has 5 nitrogen and oxygen atoms in total. The molecule has 0 saturated heterocycles. The lowest BCUT2D eigenvalue weighted by molar-refractivity contribution is -0.115. The van der Waals surface area contributed by atoms with Gasteiger partial charge in [0.05, 0.1) is 10.8 Å². The minimum absolute atomic E-state index is 0.182. The van der Waals surface area contributed by atoms with Crippen LogP contribution in [0.3, 0.4) is 0 Å². The normalized spacial score (nSPS) is 11.9. The van der Waals surface area contributed by atoms with Crippen LogP contribution in [0.5, 0.6) is 5.75 Å². The number of rotatable bonds is 5. The van der Waals surface area contributed by atoms with Crippen molar-refractivity contribution in [2.75, 3.05) is 5.32 Å². The number of thiophene rings is 1. The predicted molar refractivity (Wildman–Crippen MR) is 84.9 cm³/mol. The van der Waals surface area contributed by atoms with Crippen LogP contribution in [0.4, 0.5) is 5.00 Å². The Balaban J connectivity index is 2.01. The fraction of sp³-hybridized carbons (Fsp3) is 0.143. The first kappa shape index (κ1) is 15.4. The van der Waals surface area contributed by atoms with Gasteiger partial charge >= 0.3 is 0 Å². The summed E-state index contributed by atoms with van der Waals surface area (Å²) in [4.78, 5) is 24.2. The van der Waals surface area contributed by atoms with Crippen molar-refractivity contribution in [1.82, 2.24) is 0 Å². The molecule has 21 heavy (non-hydrogen) atoms. The number of phenolic OH excluding ortho intramolecular Hbond substituents is 1. The number of aromatic hydroxyl groups is 1. The molecule has 2 amide bonds. The van der Waals surface area contributed by atoms with Crippen molar-refractivity contribution in [3.63, 3.8) is 0 Å². The van der Waals surface area contributed by atoms with E-state index in [0.717, 1.165) is 4.90 Å². The molecule has 7 heteroatoms. The molecule has 2 aromatic rings. The van der Waals surface area contributed by atoms with E-state index in [0.29, 0.717) is 10.6 Å². The fourth-order valence-corrected chi connectivity index (χ4v) is 3.26. The number of nitrogens with one attached hydrogen (secondary N) is 1. The average Bonchev–Trinajstić information content (AvgIpc) is 2.89. The van der Waals surface area contributed by atoms with Crippen LogP contribution < -0.4 is 11.1 Å². The fourth-order valence-electron chi connectivity index (χ4n) is 1.60. The second-order valence-corrected chi connectivity index (χ2v) is 6.60. The standard InChI is InChI=1S/C14H14N2O3S2/c1-8(21-10-4-2-9(17)3-5-10)13(19)16-14-11(12(15)18)6-7-20-14/h2-8,17H,1H3,(H2,15,18)(H,16,19)/t8-/m0/s1. The van der Waals surface area contributed by atoms with Gasteiger partial charge in [-0.3, -0.25) is 9.59 Å². The van der Waals surface area contributed by atoms with Crippen LogP contribution in [0.2, 0.25) is 0 Å². The predicted octanol–water partition coefficient (Wildman–Crippen LogP) is 2.67. The molecular weight excluding hydrogens is 308 g/mol. The Morgan fingerprint density at radius 1 is 1.29 bits per heavy atom. The SMILES string of the molecule is C[C@H](Sc1ccc(O)cc1)C(=O)Nc1sccc1C(N)=O. The second kappa shape index (κ2) is 6.64. The van der Waals surface area contributed by atoms with E-state index in [4.69, 9.17) is 5.73 Å². The van der Waals surface area contributed by atoms with E-state index in [2.05, 4.69) is 5.32 Å². The molecule has 1 aromatic carbocycles. The molecule has 0 aliphatic carbocycles. The van der Waals surface area contributed by atoms with Crippen LogP contribution in [-0.2, 0) is 4.79 Å². The zero-order valence-corrected chi connectivity index (χ0v) is 12.8. The maximum absolute atomic E-state index is 12.1. The third-order valence-electron chi connectivity index (χ3n) is 2.69. The molecule has 0 spiro atoms. The summed E-state index contributed by atoms with van der Waals surface area (Å²) in [5, 5.41) is 13.8. The van der Waals surface area contributed by atoms with Gasteiger partial charge in [0.1, 0.15) is 10.8 Å². The van der Waals surface area contributed by atoms with Gasteiger partial charge in [-0.1, -0.05) is 0 Å². The highest BCUT2D eigenvalue weighted by Crippen LogP contribution is 2.28. The summed E-state index contributed by atoms with van der Waals surface area (Å²) in [6.45, 7) is 1.77. The van der Waals surface area contributed by atoms with Crippen LogP contribution in [0, 0.1) is 0 Å². The molecule has 0 unspecified atom stereocenters. The van der Waals surface area contributed by atoms with Crippen molar-refractivity contribution < 1.29 is 14.7 Å². The van der Waals surface area contributed by atoms with E-state index >= 15 is 0 Å². The first-order chi connectivity index (χ1) is 9.97. The van der Waals surface area contributed by atoms with Gasteiger partial charge in [-0.2, -0.15) is 0 Å². The highest BCUT2D eigenvalue weighted by molar-refractivity contribution is 8.00. The minimum atomic E-state index is -0.564. The number of nitrogens with two attached hydrogens (primary N) is 1. The minimum Gasteiger partial charge on any atom is -0.508 e. The topological polar surface area (TPSA) is 92.4 Å². The monoisotopic (exact) mass is 322 g/mol. The van der Waals surface area contributed by atoms with E-state index in [1.165, 1.54) is 23.1 Å². The Kier molecular flexibility index (Phi) is 4.87. The van der Waals surface area contributed by atoms with Crippen molar-refractivity contribution in [2.24, 2.45) is 5.73 Å². The Labute approximate surface area is 130 Å². The third-order valence-corrected chi connectivity index (χ3v) is 4.63. The highest BCUT2D eigenvalue weighted by Gasteiger charge is 2.18. The average molecular weight is 322 g/mol. The van der Waals surface area contributed by atoms with Crippen molar-refractivity contribution in [3.05, 3.63) is 41.3 Å². The number of hydrogen-bond acceptors (Lipinski definition) is 5.